The Kier molecular flexibility index (Phi) is 6.75. The Hall–Kier alpha value is -1.46. The summed E-state index contributed by atoms with van der Waals surface area (Å²) in [6.07, 6.45) is 2.32. The average molecular weight is 337 g/mol. The largest absolute Gasteiger partial charge is 0.466 e. The van der Waals surface area contributed by atoms with Gasteiger partial charge < -0.3 is 14.7 Å². The summed E-state index contributed by atoms with van der Waals surface area (Å²) in [7, 11) is 0. The van der Waals surface area contributed by atoms with E-state index in [1.165, 1.54) is 12.1 Å². The summed E-state index contributed by atoms with van der Waals surface area (Å²) in [4.78, 5) is 14.9. The van der Waals surface area contributed by atoms with Gasteiger partial charge in [0.25, 0.3) is 0 Å². The predicted molar refractivity (Wildman–Crippen MR) is 91.1 cm³/mol. The Morgan fingerprint density at radius 3 is 2.71 bits per heavy atom. The van der Waals surface area contributed by atoms with Gasteiger partial charge in [-0.05, 0) is 70.3 Å². The smallest absolute Gasteiger partial charge is 0.312 e. The van der Waals surface area contributed by atoms with Gasteiger partial charge in [0.05, 0.1) is 18.1 Å². The monoisotopic (exact) mass is 337 g/mol. The number of piperidine rings is 1. The van der Waals surface area contributed by atoms with Gasteiger partial charge in [-0.25, -0.2) is 4.39 Å². The van der Waals surface area contributed by atoms with Gasteiger partial charge in [-0.3, -0.25) is 4.79 Å². The Morgan fingerprint density at radius 2 is 2.12 bits per heavy atom. The van der Waals surface area contributed by atoms with Gasteiger partial charge >= 0.3 is 5.97 Å². The van der Waals surface area contributed by atoms with E-state index in [0.29, 0.717) is 25.9 Å². The molecule has 0 amide bonds. The Balaban J connectivity index is 2.07. The van der Waals surface area contributed by atoms with Crippen molar-refractivity contribution in [2.24, 2.45) is 5.41 Å². The highest BCUT2D eigenvalue weighted by molar-refractivity contribution is 5.77. The van der Waals surface area contributed by atoms with Crippen LogP contribution in [-0.2, 0) is 16.0 Å². The van der Waals surface area contributed by atoms with Crippen molar-refractivity contribution in [1.82, 2.24) is 4.90 Å². The van der Waals surface area contributed by atoms with Gasteiger partial charge in [-0.15, -0.1) is 0 Å². The van der Waals surface area contributed by atoms with Crippen molar-refractivity contribution in [2.45, 2.75) is 45.6 Å². The Bertz CT molecular complexity index is 539. The number of carbonyl (C=O) groups excluding carboxylic acids is 1. The number of hydrogen-bond acceptors (Lipinski definition) is 4. The first-order valence-electron chi connectivity index (χ1n) is 8.77. The molecule has 0 unspecified atom stereocenters. The van der Waals surface area contributed by atoms with Crippen LogP contribution in [0.5, 0.6) is 0 Å². The van der Waals surface area contributed by atoms with Crippen LogP contribution in [0, 0.1) is 11.2 Å². The maximum absolute atomic E-state index is 13.5. The van der Waals surface area contributed by atoms with Crippen LogP contribution in [0.1, 0.15) is 38.7 Å². The molecule has 1 aliphatic rings. The first-order valence-corrected chi connectivity index (χ1v) is 8.77. The summed E-state index contributed by atoms with van der Waals surface area (Å²) in [6.45, 7) is 6.37. The molecule has 0 aliphatic carbocycles. The molecule has 0 bridgehead atoms. The molecule has 1 aliphatic heterocycles. The van der Waals surface area contributed by atoms with E-state index in [1.807, 2.05) is 13.0 Å². The Morgan fingerprint density at radius 1 is 1.42 bits per heavy atom. The van der Waals surface area contributed by atoms with Gasteiger partial charge in [-0.1, -0.05) is 12.1 Å². The zero-order valence-electron chi connectivity index (χ0n) is 14.6. The van der Waals surface area contributed by atoms with Crippen molar-refractivity contribution in [3.05, 3.63) is 35.6 Å². The molecule has 134 valence electrons. The second-order valence-corrected chi connectivity index (χ2v) is 6.79. The van der Waals surface area contributed by atoms with Crippen molar-refractivity contribution in [2.75, 3.05) is 26.2 Å². The SMILES string of the molecule is CCOC(=O)C1(Cc2cccc(F)c2)CCN(CC[C@H](C)O)CC1. The van der Waals surface area contributed by atoms with Crippen molar-refractivity contribution < 1.29 is 19.0 Å². The predicted octanol–water partition coefficient (Wildman–Crippen LogP) is 2.78. The third-order valence-electron chi connectivity index (χ3n) is 4.82. The molecule has 0 saturated carbocycles. The van der Waals surface area contributed by atoms with Crippen molar-refractivity contribution in [3.63, 3.8) is 0 Å². The molecule has 0 aromatic heterocycles. The molecule has 1 fully saturated rings. The van der Waals surface area contributed by atoms with E-state index in [-0.39, 0.29) is 17.9 Å². The fourth-order valence-electron chi connectivity index (χ4n) is 3.35. The van der Waals surface area contributed by atoms with Crippen LogP contribution in [-0.4, -0.2) is 48.3 Å². The molecule has 5 heteroatoms. The summed E-state index contributed by atoms with van der Waals surface area (Å²) in [5.41, 5.74) is 0.256. The van der Waals surface area contributed by atoms with E-state index in [1.54, 1.807) is 13.0 Å². The zero-order chi connectivity index (χ0) is 17.6. The summed E-state index contributed by atoms with van der Waals surface area (Å²) < 4.78 is 18.8. The van der Waals surface area contributed by atoms with Crippen LogP contribution in [0.4, 0.5) is 4.39 Å². The number of rotatable bonds is 7. The molecule has 2 rings (SSSR count). The van der Waals surface area contributed by atoms with Gasteiger partial charge in [0.15, 0.2) is 0 Å². The molecule has 24 heavy (non-hydrogen) atoms. The number of benzene rings is 1. The summed E-state index contributed by atoms with van der Waals surface area (Å²) in [5, 5.41) is 9.43. The maximum Gasteiger partial charge on any atom is 0.312 e. The zero-order valence-corrected chi connectivity index (χ0v) is 14.6. The highest BCUT2D eigenvalue weighted by atomic mass is 19.1. The minimum atomic E-state index is -0.578. The van der Waals surface area contributed by atoms with Crippen LogP contribution in [0.25, 0.3) is 0 Å². The number of ether oxygens (including phenoxy) is 1. The van der Waals surface area contributed by atoms with Crippen molar-refractivity contribution >= 4 is 5.97 Å². The highest BCUT2D eigenvalue weighted by Crippen LogP contribution is 2.37. The summed E-state index contributed by atoms with van der Waals surface area (Å²) in [6, 6.07) is 6.46. The quantitative estimate of drug-likeness (QED) is 0.777. The number of aliphatic hydroxyl groups is 1. The van der Waals surface area contributed by atoms with Crippen LogP contribution in [0.3, 0.4) is 0 Å². The van der Waals surface area contributed by atoms with E-state index < -0.39 is 5.41 Å². The molecule has 4 nitrogen and oxygen atoms in total. The topological polar surface area (TPSA) is 49.8 Å². The standard InChI is InChI=1S/C19H28FNO3/c1-3-24-18(23)19(14-16-5-4-6-17(20)13-16)8-11-21(12-9-19)10-7-15(2)22/h4-6,13,15,22H,3,7-12,14H2,1-2H3/t15-/m0/s1. The molecular weight excluding hydrogens is 309 g/mol. The lowest BCUT2D eigenvalue weighted by Crippen LogP contribution is -2.47. The van der Waals surface area contributed by atoms with Gasteiger partial charge in [0.2, 0.25) is 0 Å². The Labute approximate surface area is 143 Å². The average Bonchev–Trinajstić information content (AvgIpc) is 2.54. The lowest BCUT2D eigenvalue weighted by atomic mass is 9.73. The van der Waals surface area contributed by atoms with Crippen molar-refractivity contribution in [3.8, 4) is 0 Å². The van der Waals surface area contributed by atoms with Gasteiger partial charge in [0.1, 0.15) is 5.82 Å². The van der Waals surface area contributed by atoms with Crippen LogP contribution in [0.15, 0.2) is 24.3 Å². The lowest BCUT2D eigenvalue weighted by molar-refractivity contribution is -0.158. The number of hydrogen-bond donors (Lipinski definition) is 1. The first-order chi connectivity index (χ1) is 11.4. The van der Waals surface area contributed by atoms with E-state index in [4.69, 9.17) is 4.74 Å². The van der Waals surface area contributed by atoms with E-state index in [9.17, 15) is 14.3 Å². The number of aliphatic hydroxyl groups excluding tert-OH is 1. The number of halogens is 1. The fourth-order valence-corrected chi connectivity index (χ4v) is 3.35. The van der Waals surface area contributed by atoms with Crippen molar-refractivity contribution in [1.29, 1.82) is 0 Å². The normalized spacial score (nSPS) is 19.0. The summed E-state index contributed by atoms with van der Waals surface area (Å²) >= 11 is 0. The number of nitrogens with zero attached hydrogens (tertiary/aromatic N) is 1. The number of carbonyl (C=O) groups is 1. The number of likely N-dealkylation sites (tertiary alicyclic amines) is 1. The van der Waals surface area contributed by atoms with Gasteiger partial charge in [-0.2, -0.15) is 0 Å². The fraction of sp³-hybridized carbons (Fsp3) is 0.632. The third kappa shape index (κ3) is 5.02. The number of esters is 1. The van der Waals surface area contributed by atoms with Crippen LogP contribution >= 0.6 is 0 Å². The summed E-state index contributed by atoms with van der Waals surface area (Å²) in [5.74, 6) is -0.453. The van der Waals surface area contributed by atoms with Gasteiger partial charge in [0, 0.05) is 6.54 Å². The first kappa shape index (κ1) is 18.9. The second kappa shape index (κ2) is 8.58. The van der Waals surface area contributed by atoms with E-state index in [2.05, 4.69) is 4.90 Å². The maximum atomic E-state index is 13.5. The molecule has 1 aromatic carbocycles. The highest BCUT2D eigenvalue weighted by Gasteiger charge is 2.42. The second-order valence-electron chi connectivity index (χ2n) is 6.79. The molecule has 0 radical (unpaired) electrons. The molecular formula is C19H28FNO3. The molecule has 1 aromatic rings. The minimum Gasteiger partial charge on any atom is -0.466 e. The van der Waals surface area contributed by atoms with Crippen LogP contribution in [0.2, 0.25) is 0 Å². The van der Waals surface area contributed by atoms with E-state index in [0.717, 1.165) is 31.6 Å². The molecule has 1 atom stereocenters. The lowest BCUT2D eigenvalue weighted by Gasteiger charge is -2.40. The third-order valence-corrected chi connectivity index (χ3v) is 4.82. The minimum absolute atomic E-state index is 0.176. The molecule has 1 saturated heterocycles. The van der Waals surface area contributed by atoms with Crippen LogP contribution < -0.4 is 0 Å². The molecule has 1 N–H and O–H groups in total. The molecule has 0 spiro atoms. The molecule has 1 heterocycles. The van der Waals surface area contributed by atoms with E-state index >= 15 is 0 Å².